The lowest BCUT2D eigenvalue weighted by Gasteiger charge is -2.38. The largest absolute Gasteiger partial charge is 0.352 e. The molecule has 2 aromatic rings. The second kappa shape index (κ2) is 7.51. The first kappa shape index (κ1) is 19.2. The molecule has 3 heterocycles. The zero-order valence-electron chi connectivity index (χ0n) is 17.4. The Kier molecular flexibility index (Phi) is 4.82. The van der Waals surface area contributed by atoms with Gasteiger partial charge in [-0.25, -0.2) is 0 Å². The normalized spacial score (nSPS) is 20.4. The van der Waals surface area contributed by atoms with E-state index in [1.54, 1.807) is 11.1 Å². The van der Waals surface area contributed by atoms with Gasteiger partial charge in [0.15, 0.2) is 0 Å². The highest BCUT2D eigenvalue weighted by molar-refractivity contribution is 6.09. The van der Waals surface area contributed by atoms with Crippen molar-refractivity contribution in [1.82, 2.24) is 15.2 Å². The number of hydrogen-bond acceptors (Lipinski definition) is 4. The lowest BCUT2D eigenvalue weighted by Crippen LogP contribution is -2.47. The number of amides is 2. The molecule has 1 aromatic carbocycles. The van der Waals surface area contributed by atoms with Crippen LogP contribution in [0.1, 0.15) is 47.2 Å². The maximum absolute atomic E-state index is 13.3. The Hall–Kier alpha value is -2.73. The third-order valence-corrected chi connectivity index (χ3v) is 6.94. The summed E-state index contributed by atoms with van der Waals surface area (Å²) < 4.78 is 0. The predicted molar refractivity (Wildman–Crippen MR) is 115 cm³/mol. The molecule has 156 valence electrons. The van der Waals surface area contributed by atoms with Gasteiger partial charge in [-0.2, -0.15) is 0 Å². The van der Waals surface area contributed by atoms with Crippen LogP contribution < -0.4 is 10.2 Å². The molecule has 2 aliphatic heterocycles. The number of carbonyl (C=O) groups is 2. The van der Waals surface area contributed by atoms with Crippen molar-refractivity contribution in [2.75, 3.05) is 31.6 Å². The molecule has 6 nitrogen and oxygen atoms in total. The van der Waals surface area contributed by atoms with E-state index in [0.717, 1.165) is 50.3 Å². The number of pyridine rings is 1. The number of hydrogen-bond donors (Lipinski definition) is 1. The molecular formula is C24H28N4O2. The molecule has 1 aliphatic carbocycles. The Balaban J connectivity index is 1.35. The second-order valence-electron chi connectivity index (χ2n) is 8.97. The van der Waals surface area contributed by atoms with E-state index < -0.39 is 5.41 Å². The molecule has 0 atom stereocenters. The van der Waals surface area contributed by atoms with Gasteiger partial charge in [-0.3, -0.25) is 19.5 Å². The summed E-state index contributed by atoms with van der Waals surface area (Å²) in [6.45, 7) is 3.31. The molecule has 0 radical (unpaired) electrons. The number of likely N-dealkylation sites (tertiary alicyclic amines) is 1. The van der Waals surface area contributed by atoms with Crippen LogP contribution in [0, 0.1) is 5.92 Å². The highest BCUT2D eigenvalue weighted by atomic mass is 16.2. The van der Waals surface area contributed by atoms with Gasteiger partial charge in [0, 0.05) is 43.8 Å². The van der Waals surface area contributed by atoms with Crippen LogP contribution in [0.3, 0.4) is 0 Å². The standard InChI is InChI=1S/C24H28N4O2/c1-27-21-7-6-19(22(29)26-15-17-4-5-17)13-20(21)24(23(27)30)8-11-28(12-9-24)16-18-3-2-10-25-14-18/h2-3,6-7,10,13-14,17H,4-5,8-9,11-12,15-16H2,1H3,(H,26,29). The molecule has 2 fully saturated rings. The van der Waals surface area contributed by atoms with E-state index in [2.05, 4.69) is 21.3 Å². The van der Waals surface area contributed by atoms with Crippen molar-refractivity contribution in [1.29, 1.82) is 0 Å². The molecule has 0 unspecified atom stereocenters. The monoisotopic (exact) mass is 404 g/mol. The molecule has 1 spiro atoms. The lowest BCUT2D eigenvalue weighted by molar-refractivity contribution is -0.124. The number of likely N-dealkylation sites (N-methyl/N-ethyl adjacent to an activating group) is 1. The fourth-order valence-electron chi connectivity index (χ4n) is 4.89. The summed E-state index contributed by atoms with van der Waals surface area (Å²) in [4.78, 5) is 34.3. The molecule has 1 N–H and O–H groups in total. The molecule has 2 amide bonds. The van der Waals surface area contributed by atoms with E-state index >= 15 is 0 Å². The number of nitrogens with zero attached hydrogens (tertiary/aromatic N) is 3. The van der Waals surface area contributed by atoms with Gasteiger partial charge in [0.25, 0.3) is 5.91 Å². The van der Waals surface area contributed by atoms with Gasteiger partial charge in [0.1, 0.15) is 0 Å². The summed E-state index contributed by atoms with van der Waals surface area (Å²) >= 11 is 0. The first-order valence-electron chi connectivity index (χ1n) is 10.9. The molecule has 6 heteroatoms. The van der Waals surface area contributed by atoms with E-state index in [9.17, 15) is 9.59 Å². The third-order valence-electron chi connectivity index (χ3n) is 6.94. The number of nitrogens with one attached hydrogen (secondary N) is 1. The summed E-state index contributed by atoms with van der Waals surface area (Å²) in [5, 5.41) is 3.05. The molecule has 3 aliphatic rings. The SMILES string of the molecule is CN1C(=O)C2(CCN(Cc3cccnc3)CC2)c2cc(C(=O)NCC3CC3)ccc21. The number of aromatic nitrogens is 1. The Morgan fingerprint density at radius 2 is 2.03 bits per heavy atom. The zero-order valence-corrected chi connectivity index (χ0v) is 17.4. The maximum Gasteiger partial charge on any atom is 0.251 e. The van der Waals surface area contributed by atoms with Gasteiger partial charge in [-0.05, 0) is 80.1 Å². The number of rotatable bonds is 5. The summed E-state index contributed by atoms with van der Waals surface area (Å²) in [5.74, 6) is 0.775. The highest BCUT2D eigenvalue weighted by Crippen LogP contribution is 2.47. The summed E-state index contributed by atoms with van der Waals surface area (Å²) in [7, 11) is 1.85. The molecule has 1 saturated heterocycles. The smallest absolute Gasteiger partial charge is 0.251 e. The quantitative estimate of drug-likeness (QED) is 0.832. The van der Waals surface area contributed by atoms with Gasteiger partial charge in [-0.1, -0.05) is 6.07 Å². The second-order valence-corrected chi connectivity index (χ2v) is 8.97. The molecule has 5 rings (SSSR count). The minimum atomic E-state index is -0.512. The van der Waals surface area contributed by atoms with Crippen molar-refractivity contribution in [3.63, 3.8) is 0 Å². The van der Waals surface area contributed by atoms with Crippen LogP contribution in [-0.4, -0.2) is 48.4 Å². The van der Waals surface area contributed by atoms with E-state index in [-0.39, 0.29) is 11.8 Å². The van der Waals surface area contributed by atoms with Crippen LogP contribution in [0.5, 0.6) is 0 Å². The highest BCUT2D eigenvalue weighted by Gasteiger charge is 2.51. The van der Waals surface area contributed by atoms with Crippen LogP contribution in [-0.2, 0) is 16.8 Å². The molecule has 30 heavy (non-hydrogen) atoms. The minimum absolute atomic E-state index is 0.0316. The Bertz CT molecular complexity index is 962. The summed E-state index contributed by atoms with van der Waals surface area (Å²) in [6.07, 6.45) is 7.66. The van der Waals surface area contributed by atoms with Crippen molar-refractivity contribution in [2.45, 2.75) is 37.6 Å². The van der Waals surface area contributed by atoms with Gasteiger partial charge in [0.2, 0.25) is 5.91 Å². The van der Waals surface area contributed by atoms with Gasteiger partial charge >= 0.3 is 0 Å². The summed E-state index contributed by atoms with van der Waals surface area (Å²) in [6, 6.07) is 9.81. The van der Waals surface area contributed by atoms with Crippen molar-refractivity contribution < 1.29 is 9.59 Å². The minimum Gasteiger partial charge on any atom is -0.352 e. The molecular weight excluding hydrogens is 376 g/mol. The zero-order chi connectivity index (χ0) is 20.7. The molecule has 1 aromatic heterocycles. The Labute approximate surface area is 177 Å². The van der Waals surface area contributed by atoms with E-state index in [1.807, 2.05) is 37.5 Å². The molecule has 1 saturated carbocycles. The third kappa shape index (κ3) is 3.39. The average Bonchev–Trinajstić information content (AvgIpc) is 3.59. The number of anilines is 1. The fourth-order valence-corrected chi connectivity index (χ4v) is 4.89. The van der Waals surface area contributed by atoms with Gasteiger partial charge < -0.3 is 10.2 Å². The van der Waals surface area contributed by atoms with E-state index in [0.29, 0.717) is 11.5 Å². The van der Waals surface area contributed by atoms with Crippen LogP contribution in [0.2, 0.25) is 0 Å². The summed E-state index contributed by atoms with van der Waals surface area (Å²) in [5.41, 5.74) is 3.31. The van der Waals surface area contributed by atoms with E-state index in [1.165, 1.54) is 18.4 Å². The molecule has 0 bridgehead atoms. The first-order chi connectivity index (χ1) is 14.6. The van der Waals surface area contributed by atoms with Gasteiger partial charge in [0.05, 0.1) is 5.41 Å². The average molecular weight is 405 g/mol. The Morgan fingerprint density at radius 1 is 1.23 bits per heavy atom. The van der Waals surface area contributed by atoms with Crippen molar-refractivity contribution >= 4 is 17.5 Å². The fraction of sp³-hybridized carbons (Fsp3) is 0.458. The number of fused-ring (bicyclic) bond motifs is 2. The number of piperidine rings is 1. The number of carbonyl (C=O) groups excluding carboxylic acids is 2. The van der Waals surface area contributed by atoms with Crippen LogP contribution in [0.4, 0.5) is 5.69 Å². The maximum atomic E-state index is 13.3. The first-order valence-corrected chi connectivity index (χ1v) is 10.9. The predicted octanol–water partition coefficient (Wildman–Crippen LogP) is 2.73. The van der Waals surface area contributed by atoms with Crippen LogP contribution in [0.15, 0.2) is 42.7 Å². The van der Waals surface area contributed by atoms with Gasteiger partial charge in [-0.15, -0.1) is 0 Å². The van der Waals surface area contributed by atoms with Crippen LogP contribution >= 0.6 is 0 Å². The van der Waals surface area contributed by atoms with Crippen molar-refractivity contribution in [3.05, 3.63) is 59.4 Å². The van der Waals surface area contributed by atoms with Crippen LogP contribution in [0.25, 0.3) is 0 Å². The Morgan fingerprint density at radius 3 is 2.73 bits per heavy atom. The topological polar surface area (TPSA) is 65.5 Å². The lowest BCUT2D eigenvalue weighted by atomic mass is 9.73. The van der Waals surface area contributed by atoms with Crippen molar-refractivity contribution in [2.24, 2.45) is 5.92 Å². The van der Waals surface area contributed by atoms with E-state index in [4.69, 9.17) is 0 Å². The number of benzene rings is 1. The van der Waals surface area contributed by atoms with Crippen molar-refractivity contribution in [3.8, 4) is 0 Å².